The van der Waals surface area contributed by atoms with E-state index in [9.17, 15) is 0 Å². The molecule has 0 aliphatic carbocycles. The number of nitrogens with two attached hydrogens (primary N) is 1. The molecule has 0 aliphatic rings. The van der Waals surface area contributed by atoms with Crippen molar-refractivity contribution in [2.75, 3.05) is 11.1 Å². The first-order chi connectivity index (χ1) is 10.3. The van der Waals surface area contributed by atoms with Crippen molar-refractivity contribution in [3.8, 4) is 5.82 Å². The molecule has 0 atom stereocenters. The molecule has 6 nitrogen and oxygen atoms in total. The van der Waals surface area contributed by atoms with E-state index in [4.69, 9.17) is 5.73 Å². The van der Waals surface area contributed by atoms with E-state index < -0.39 is 0 Å². The zero-order chi connectivity index (χ0) is 14.7. The second kappa shape index (κ2) is 5.62. The van der Waals surface area contributed by atoms with Gasteiger partial charge in [0, 0.05) is 11.9 Å². The van der Waals surface area contributed by atoms with Crippen LogP contribution in [0.15, 0.2) is 48.7 Å². The molecule has 21 heavy (non-hydrogen) atoms. The van der Waals surface area contributed by atoms with E-state index >= 15 is 0 Å². The topological polar surface area (TPSA) is 81.6 Å². The van der Waals surface area contributed by atoms with Gasteiger partial charge in [0.25, 0.3) is 0 Å². The van der Waals surface area contributed by atoms with Crippen molar-refractivity contribution >= 4 is 17.6 Å². The fraction of sp³-hybridized carbons (Fsp3) is 0.133. The maximum Gasteiger partial charge on any atom is 0.248 e. The number of aryl methyl sites for hydroxylation is 1. The summed E-state index contributed by atoms with van der Waals surface area (Å²) in [7, 11) is 0. The first kappa shape index (κ1) is 13.1. The highest BCUT2D eigenvalue weighted by molar-refractivity contribution is 5.55. The highest BCUT2D eigenvalue weighted by Gasteiger charge is 2.09. The van der Waals surface area contributed by atoms with E-state index in [0.29, 0.717) is 17.7 Å². The van der Waals surface area contributed by atoms with E-state index in [-0.39, 0.29) is 0 Å². The predicted molar refractivity (Wildman–Crippen MR) is 82.7 cm³/mol. The SMILES string of the molecule is CCc1ccc(Nc2nc(N)n(-c3ccccn3)n2)cc1. The van der Waals surface area contributed by atoms with Crippen LogP contribution < -0.4 is 11.1 Å². The normalized spacial score (nSPS) is 10.5. The molecule has 0 fully saturated rings. The number of nitrogens with one attached hydrogen (secondary N) is 1. The van der Waals surface area contributed by atoms with E-state index in [0.717, 1.165) is 12.1 Å². The van der Waals surface area contributed by atoms with Crippen molar-refractivity contribution in [2.24, 2.45) is 0 Å². The summed E-state index contributed by atoms with van der Waals surface area (Å²) in [6, 6.07) is 13.7. The van der Waals surface area contributed by atoms with Gasteiger partial charge in [-0.2, -0.15) is 9.67 Å². The largest absolute Gasteiger partial charge is 0.368 e. The summed E-state index contributed by atoms with van der Waals surface area (Å²) in [5.41, 5.74) is 8.09. The second-order valence-electron chi connectivity index (χ2n) is 4.57. The van der Waals surface area contributed by atoms with Crippen LogP contribution in [0.3, 0.4) is 0 Å². The van der Waals surface area contributed by atoms with E-state index in [1.54, 1.807) is 6.20 Å². The summed E-state index contributed by atoms with van der Waals surface area (Å²) in [4.78, 5) is 8.41. The lowest BCUT2D eigenvalue weighted by Gasteiger charge is -2.02. The minimum absolute atomic E-state index is 0.293. The minimum Gasteiger partial charge on any atom is -0.368 e. The summed E-state index contributed by atoms with van der Waals surface area (Å²) in [6.07, 6.45) is 2.70. The van der Waals surface area contributed by atoms with Crippen molar-refractivity contribution in [3.63, 3.8) is 0 Å². The Bertz CT molecular complexity index is 718. The first-order valence-electron chi connectivity index (χ1n) is 6.76. The summed E-state index contributed by atoms with van der Waals surface area (Å²) >= 11 is 0. The maximum atomic E-state index is 5.88. The Kier molecular flexibility index (Phi) is 3.51. The molecular formula is C15H16N6. The zero-order valence-corrected chi connectivity index (χ0v) is 11.7. The Labute approximate surface area is 122 Å². The molecule has 2 aromatic heterocycles. The highest BCUT2D eigenvalue weighted by atomic mass is 15.4. The van der Waals surface area contributed by atoms with Gasteiger partial charge in [0.2, 0.25) is 11.9 Å². The van der Waals surface area contributed by atoms with Gasteiger partial charge in [-0.25, -0.2) is 4.98 Å². The van der Waals surface area contributed by atoms with Crippen molar-refractivity contribution in [1.29, 1.82) is 0 Å². The summed E-state index contributed by atoms with van der Waals surface area (Å²) < 4.78 is 1.50. The van der Waals surface area contributed by atoms with Crippen LogP contribution >= 0.6 is 0 Å². The first-order valence-corrected chi connectivity index (χ1v) is 6.76. The Morgan fingerprint density at radius 3 is 2.62 bits per heavy atom. The molecule has 6 heteroatoms. The van der Waals surface area contributed by atoms with Crippen LogP contribution in [0.2, 0.25) is 0 Å². The highest BCUT2D eigenvalue weighted by Crippen LogP contribution is 2.17. The van der Waals surface area contributed by atoms with Crippen molar-refractivity contribution in [3.05, 3.63) is 54.2 Å². The van der Waals surface area contributed by atoms with Gasteiger partial charge in [-0.05, 0) is 36.2 Å². The Hall–Kier alpha value is -2.89. The molecule has 3 N–H and O–H groups in total. The number of hydrogen-bond acceptors (Lipinski definition) is 5. The zero-order valence-electron chi connectivity index (χ0n) is 11.7. The molecule has 0 radical (unpaired) electrons. The molecule has 0 saturated carbocycles. The van der Waals surface area contributed by atoms with Gasteiger partial charge in [0.15, 0.2) is 5.82 Å². The third-order valence-electron chi connectivity index (χ3n) is 3.12. The van der Waals surface area contributed by atoms with Gasteiger partial charge in [0.1, 0.15) is 0 Å². The van der Waals surface area contributed by atoms with Crippen LogP contribution in [0.5, 0.6) is 0 Å². The third kappa shape index (κ3) is 2.84. The van der Waals surface area contributed by atoms with Gasteiger partial charge in [-0.15, -0.1) is 5.10 Å². The molecule has 106 valence electrons. The van der Waals surface area contributed by atoms with E-state index in [1.807, 2.05) is 30.3 Å². The van der Waals surface area contributed by atoms with Crippen molar-refractivity contribution in [2.45, 2.75) is 13.3 Å². The fourth-order valence-corrected chi connectivity index (χ4v) is 1.98. The molecule has 0 aliphatic heterocycles. The second-order valence-corrected chi connectivity index (χ2v) is 4.57. The fourth-order valence-electron chi connectivity index (χ4n) is 1.98. The van der Waals surface area contributed by atoms with Crippen LogP contribution in [0.4, 0.5) is 17.6 Å². The lowest BCUT2D eigenvalue weighted by atomic mass is 10.1. The number of pyridine rings is 1. The van der Waals surface area contributed by atoms with Crippen LogP contribution in [0.1, 0.15) is 12.5 Å². The molecule has 3 rings (SSSR count). The molecule has 0 saturated heterocycles. The van der Waals surface area contributed by atoms with Gasteiger partial charge in [0.05, 0.1) is 0 Å². The summed E-state index contributed by atoms with van der Waals surface area (Å²) in [5.74, 6) is 1.38. The summed E-state index contributed by atoms with van der Waals surface area (Å²) in [5, 5.41) is 7.46. The number of aromatic nitrogens is 4. The number of nitrogens with zero attached hydrogens (tertiary/aromatic N) is 4. The Balaban J connectivity index is 1.83. The molecule has 0 spiro atoms. The van der Waals surface area contributed by atoms with E-state index in [2.05, 4.69) is 39.4 Å². The van der Waals surface area contributed by atoms with Crippen molar-refractivity contribution in [1.82, 2.24) is 19.7 Å². The number of benzene rings is 1. The van der Waals surface area contributed by atoms with Crippen LogP contribution in [-0.2, 0) is 6.42 Å². The number of hydrogen-bond donors (Lipinski definition) is 2. The van der Waals surface area contributed by atoms with Gasteiger partial charge in [-0.3, -0.25) is 0 Å². The Morgan fingerprint density at radius 1 is 1.14 bits per heavy atom. The van der Waals surface area contributed by atoms with Gasteiger partial charge in [-0.1, -0.05) is 25.1 Å². The monoisotopic (exact) mass is 280 g/mol. The van der Waals surface area contributed by atoms with Gasteiger partial charge >= 0.3 is 0 Å². The molecule has 0 amide bonds. The van der Waals surface area contributed by atoms with Crippen LogP contribution in [0.25, 0.3) is 5.82 Å². The maximum absolute atomic E-state index is 5.88. The molecule has 3 aromatic rings. The lowest BCUT2D eigenvalue weighted by Crippen LogP contribution is -2.04. The standard InChI is InChI=1S/C15H16N6/c1-2-11-6-8-12(9-7-11)18-15-19-14(16)21(20-15)13-5-3-4-10-17-13/h3-10H,2H2,1H3,(H3,16,18,19,20). The number of nitrogen functional groups attached to an aromatic ring is 1. The average molecular weight is 280 g/mol. The average Bonchev–Trinajstić information content (AvgIpc) is 2.89. The lowest BCUT2D eigenvalue weighted by molar-refractivity contribution is 0.859. The molecule has 0 unspecified atom stereocenters. The van der Waals surface area contributed by atoms with E-state index in [1.165, 1.54) is 10.2 Å². The predicted octanol–water partition coefficient (Wildman–Crippen LogP) is 2.55. The molecule has 1 aromatic carbocycles. The van der Waals surface area contributed by atoms with Gasteiger partial charge < -0.3 is 11.1 Å². The Morgan fingerprint density at radius 2 is 1.95 bits per heavy atom. The third-order valence-corrected chi connectivity index (χ3v) is 3.12. The number of rotatable bonds is 4. The molecular weight excluding hydrogens is 264 g/mol. The molecule has 2 heterocycles. The minimum atomic E-state index is 0.293. The van der Waals surface area contributed by atoms with Crippen LogP contribution in [0, 0.1) is 0 Å². The van der Waals surface area contributed by atoms with Crippen molar-refractivity contribution < 1.29 is 0 Å². The quantitative estimate of drug-likeness (QED) is 0.767. The smallest absolute Gasteiger partial charge is 0.248 e. The number of anilines is 3. The summed E-state index contributed by atoms with van der Waals surface area (Å²) in [6.45, 7) is 2.12. The molecule has 0 bridgehead atoms. The van der Waals surface area contributed by atoms with Crippen LogP contribution in [-0.4, -0.2) is 19.7 Å².